The highest BCUT2D eigenvalue weighted by Gasteiger charge is 2.23. The molecular weight excluding hydrogens is 252 g/mol. The normalized spacial score (nSPS) is 15.6. The summed E-state index contributed by atoms with van der Waals surface area (Å²) in [6, 6.07) is 7.83. The predicted octanol–water partition coefficient (Wildman–Crippen LogP) is 2.11. The summed E-state index contributed by atoms with van der Waals surface area (Å²) in [4.78, 5) is 27.3. The van der Waals surface area contributed by atoms with Gasteiger partial charge in [-0.15, -0.1) is 0 Å². The fourth-order valence-electron chi connectivity index (χ4n) is 2.42. The van der Waals surface area contributed by atoms with E-state index in [0.29, 0.717) is 32.1 Å². The zero-order chi connectivity index (χ0) is 14.7. The first-order valence-electron chi connectivity index (χ1n) is 7.14. The molecule has 1 saturated heterocycles. The highest BCUT2D eigenvalue weighted by molar-refractivity contribution is 5.94. The van der Waals surface area contributed by atoms with Crippen LogP contribution in [-0.2, 0) is 4.79 Å². The molecule has 2 amide bonds. The second kappa shape index (κ2) is 6.07. The summed E-state index contributed by atoms with van der Waals surface area (Å²) in [6.45, 7) is 8.34. The van der Waals surface area contributed by atoms with E-state index < -0.39 is 0 Å². The average molecular weight is 274 g/mol. The Morgan fingerprint density at radius 3 is 1.90 bits per heavy atom. The third kappa shape index (κ3) is 3.18. The van der Waals surface area contributed by atoms with E-state index >= 15 is 0 Å². The van der Waals surface area contributed by atoms with E-state index in [4.69, 9.17) is 0 Å². The highest BCUT2D eigenvalue weighted by Crippen LogP contribution is 2.16. The minimum absolute atomic E-state index is 0.0588. The molecule has 4 heteroatoms. The van der Waals surface area contributed by atoms with Gasteiger partial charge in [-0.2, -0.15) is 0 Å². The molecule has 1 aliphatic rings. The smallest absolute Gasteiger partial charge is 0.253 e. The number of carbonyl (C=O) groups excluding carboxylic acids is 2. The van der Waals surface area contributed by atoms with Crippen LogP contribution in [0.15, 0.2) is 24.3 Å². The Bertz CT molecular complexity index is 486. The Kier molecular flexibility index (Phi) is 4.42. The van der Waals surface area contributed by atoms with Crippen molar-refractivity contribution in [2.24, 2.45) is 0 Å². The number of piperazine rings is 1. The largest absolute Gasteiger partial charge is 0.339 e. The van der Waals surface area contributed by atoms with Gasteiger partial charge < -0.3 is 9.80 Å². The number of nitrogens with zero attached hydrogens (tertiary/aromatic N) is 2. The molecule has 0 spiro atoms. The first-order chi connectivity index (χ1) is 9.49. The van der Waals surface area contributed by atoms with Gasteiger partial charge in [-0.25, -0.2) is 0 Å². The molecule has 1 aromatic carbocycles. The van der Waals surface area contributed by atoms with E-state index in [2.05, 4.69) is 13.8 Å². The van der Waals surface area contributed by atoms with Gasteiger partial charge in [-0.3, -0.25) is 9.59 Å². The minimum atomic E-state index is 0.0588. The molecular formula is C16H22N2O2. The Morgan fingerprint density at radius 2 is 1.45 bits per heavy atom. The number of amides is 2. The summed E-state index contributed by atoms with van der Waals surface area (Å²) in [7, 11) is 0. The van der Waals surface area contributed by atoms with Gasteiger partial charge in [-0.1, -0.05) is 26.0 Å². The highest BCUT2D eigenvalue weighted by atomic mass is 16.2. The van der Waals surface area contributed by atoms with Gasteiger partial charge in [-0.05, 0) is 23.6 Å². The summed E-state index contributed by atoms with van der Waals surface area (Å²) >= 11 is 0. The van der Waals surface area contributed by atoms with E-state index in [0.717, 1.165) is 5.56 Å². The van der Waals surface area contributed by atoms with Crippen LogP contribution < -0.4 is 0 Å². The van der Waals surface area contributed by atoms with Gasteiger partial charge in [0.1, 0.15) is 0 Å². The van der Waals surface area contributed by atoms with E-state index in [1.165, 1.54) is 5.56 Å². The summed E-state index contributed by atoms with van der Waals surface area (Å²) in [5.74, 6) is 0.611. The van der Waals surface area contributed by atoms with Crippen LogP contribution in [0.25, 0.3) is 0 Å². The van der Waals surface area contributed by atoms with E-state index in [1.54, 1.807) is 11.8 Å². The minimum Gasteiger partial charge on any atom is -0.339 e. The molecule has 0 bridgehead atoms. The lowest BCUT2D eigenvalue weighted by Crippen LogP contribution is -2.50. The van der Waals surface area contributed by atoms with Crippen molar-refractivity contribution < 1.29 is 9.59 Å². The summed E-state index contributed by atoms with van der Waals surface area (Å²) in [6.07, 6.45) is 0. The van der Waals surface area contributed by atoms with E-state index in [9.17, 15) is 9.59 Å². The molecule has 1 heterocycles. The van der Waals surface area contributed by atoms with Crippen LogP contribution in [0, 0.1) is 0 Å². The van der Waals surface area contributed by atoms with Crippen LogP contribution >= 0.6 is 0 Å². The van der Waals surface area contributed by atoms with Gasteiger partial charge in [0.05, 0.1) is 0 Å². The van der Waals surface area contributed by atoms with Crippen molar-refractivity contribution in [3.63, 3.8) is 0 Å². The third-order valence-electron chi connectivity index (χ3n) is 3.84. The molecule has 0 aliphatic carbocycles. The maximum atomic E-state index is 12.4. The number of rotatable bonds is 2. The topological polar surface area (TPSA) is 40.6 Å². The van der Waals surface area contributed by atoms with Crippen LogP contribution in [0.5, 0.6) is 0 Å². The van der Waals surface area contributed by atoms with Crippen LogP contribution in [0.3, 0.4) is 0 Å². The van der Waals surface area contributed by atoms with Gasteiger partial charge in [0, 0.05) is 38.7 Å². The van der Waals surface area contributed by atoms with Crippen molar-refractivity contribution in [1.29, 1.82) is 0 Å². The predicted molar refractivity (Wildman–Crippen MR) is 78.7 cm³/mol. The summed E-state index contributed by atoms with van der Waals surface area (Å²) in [5.41, 5.74) is 1.97. The number of hydrogen-bond donors (Lipinski definition) is 0. The maximum Gasteiger partial charge on any atom is 0.253 e. The van der Waals surface area contributed by atoms with Crippen molar-refractivity contribution in [3.05, 3.63) is 35.4 Å². The zero-order valence-corrected chi connectivity index (χ0v) is 12.4. The second-order valence-corrected chi connectivity index (χ2v) is 5.57. The van der Waals surface area contributed by atoms with E-state index in [-0.39, 0.29) is 11.8 Å². The lowest BCUT2D eigenvalue weighted by molar-refractivity contribution is -0.130. The molecule has 0 N–H and O–H groups in total. The molecule has 1 aliphatic heterocycles. The molecule has 108 valence electrons. The standard InChI is InChI=1S/C16H22N2O2/c1-12(2)14-4-6-15(7-5-14)16(20)18-10-8-17(9-11-18)13(3)19/h4-7,12H,8-11H2,1-3H3. The number of carbonyl (C=O) groups is 2. The zero-order valence-electron chi connectivity index (χ0n) is 12.4. The summed E-state index contributed by atoms with van der Waals surface area (Å²) < 4.78 is 0. The maximum absolute atomic E-state index is 12.4. The average Bonchev–Trinajstić information content (AvgIpc) is 2.46. The second-order valence-electron chi connectivity index (χ2n) is 5.57. The van der Waals surface area contributed by atoms with Gasteiger partial charge in [0.2, 0.25) is 5.91 Å². The Hall–Kier alpha value is -1.84. The number of benzene rings is 1. The lowest BCUT2D eigenvalue weighted by Gasteiger charge is -2.34. The Balaban J connectivity index is 2.00. The molecule has 0 unspecified atom stereocenters. The molecule has 1 fully saturated rings. The van der Waals surface area contributed by atoms with Crippen molar-refractivity contribution in [2.45, 2.75) is 26.7 Å². The number of hydrogen-bond acceptors (Lipinski definition) is 2. The SMILES string of the molecule is CC(=O)N1CCN(C(=O)c2ccc(C(C)C)cc2)CC1. The van der Waals surface area contributed by atoms with Crippen molar-refractivity contribution in [3.8, 4) is 0 Å². The lowest BCUT2D eigenvalue weighted by atomic mass is 10.0. The quantitative estimate of drug-likeness (QED) is 0.829. The molecule has 0 saturated carbocycles. The Labute approximate surface area is 120 Å². The first-order valence-corrected chi connectivity index (χ1v) is 7.14. The monoisotopic (exact) mass is 274 g/mol. The Morgan fingerprint density at radius 1 is 0.950 bits per heavy atom. The first kappa shape index (κ1) is 14.6. The van der Waals surface area contributed by atoms with Gasteiger partial charge >= 0.3 is 0 Å². The molecule has 1 aromatic rings. The fraction of sp³-hybridized carbons (Fsp3) is 0.500. The molecule has 0 atom stereocenters. The fourth-order valence-corrected chi connectivity index (χ4v) is 2.42. The van der Waals surface area contributed by atoms with Crippen LogP contribution in [-0.4, -0.2) is 47.8 Å². The van der Waals surface area contributed by atoms with Crippen molar-refractivity contribution >= 4 is 11.8 Å². The molecule has 2 rings (SSSR count). The van der Waals surface area contributed by atoms with Gasteiger partial charge in [0.15, 0.2) is 0 Å². The molecule has 4 nitrogen and oxygen atoms in total. The summed E-state index contributed by atoms with van der Waals surface area (Å²) in [5, 5.41) is 0. The van der Waals surface area contributed by atoms with Crippen molar-refractivity contribution in [1.82, 2.24) is 9.80 Å². The van der Waals surface area contributed by atoms with Crippen LogP contribution in [0.1, 0.15) is 42.6 Å². The van der Waals surface area contributed by atoms with Gasteiger partial charge in [0.25, 0.3) is 5.91 Å². The molecule has 0 aromatic heterocycles. The third-order valence-corrected chi connectivity index (χ3v) is 3.84. The van der Waals surface area contributed by atoms with Crippen molar-refractivity contribution in [2.75, 3.05) is 26.2 Å². The van der Waals surface area contributed by atoms with Crippen LogP contribution in [0.2, 0.25) is 0 Å². The molecule has 20 heavy (non-hydrogen) atoms. The van der Waals surface area contributed by atoms with Crippen LogP contribution in [0.4, 0.5) is 0 Å². The molecule has 0 radical (unpaired) electrons. The van der Waals surface area contributed by atoms with E-state index in [1.807, 2.05) is 29.2 Å².